The molecule has 4 nitrogen and oxygen atoms in total. The van der Waals surface area contributed by atoms with Gasteiger partial charge in [-0.15, -0.1) is 0 Å². The molecule has 3 heterocycles. The van der Waals surface area contributed by atoms with Crippen molar-refractivity contribution in [3.8, 4) is 0 Å². The first kappa shape index (κ1) is 9.03. The Bertz CT molecular complexity index is 539. The van der Waals surface area contributed by atoms with Crippen molar-refractivity contribution in [1.29, 1.82) is 0 Å². The van der Waals surface area contributed by atoms with E-state index in [1.165, 1.54) is 12.2 Å². The van der Waals surface area contributed by atoms with Crippen molar-refractivity contribution >= 4 is 17.4 Å². The second-order valence-corrected chi connectivity index (χ2v) is 4.91. The van der Waals surface area contributed by atoms with E-state index in [-0.39, 0.29) is 5.43 Å². The molecule has 0 amide bonds. The van der Waals surface area contributed by atoms with Crippen molar-refractivity contribution in [2.75, 3.05) is 11.5 Å². The largest absolute Gasteiger partial charge is 0.290 e. The van der Waals surface area contributed by atoms with Gasteiger partial charge < -0.3 is 0 Å². The van der Waals surface area contributed by atoms with Gasteiger partial charge in [0, 0.05) is 30.0 Å². The molecule has 1 N–H and O–H groups in total. The molecule has 0 aliphatic carbocycles. The Hall–Kier alpha value is -1.23. The zero-order valence-corrected chi connectivity index (χ0v) is 8.96. The van der Waals surface area contributed by atoms with E-state index in [2.05, 4.69) is 10.2 Å². The number of aromatic nitrogens is 3. The molecular weight excluding hydrogens is 210 g/mol. The number of aromatic amines is 1. The summed E-state index contributed by atoms with van der Waals surface area (Å²) in [4.78, 5) is 11.1. The molecule has 2 aromatic rings. The van der Waals surface area contributed by atoms with E-state index in [0.717, 1.165) is 17.2 Å². The molecule has 1 aliphatic rings. The molecule has 0 saturated carbocycles. The van der Waals surface area contributed by atoms with Gasteiger partial charge in [0.1, 0.15) is 11.5 Å². The first-order valence-electron chi connectivity index (χ1n) is 4.99. The lowest BCUT2D eigenvalue weighted by Gasteiger charge is -2.04. The summed E-state index contributed by atoms with van der Waals surface area (Å²) >= 11 is 1.96. The summed E-state index contributed by atoms with van der Waals surface area (Å²) in [6.45, 7) is 0. The van der Waals surface area contributed by atoms with E-state index in [1.54, 1.807) is 18.3 Å². The van der Waals surface area contributed by atoms with E-state index in [1.807, 2.05) is 16.2 Å². The van der Waals surface area contributed by atoms with Crippen LogP contribution in [0.1, 0.15) is 18.2 Å². The smallest absolute Gasteiger partial charge is 0.183 e. The van der Waals surface area contributed by atoms with E-state index >= 15 is 0 Å². The minimum Gasteiger partial charge on any atom is -0.290 e. The van der Waals surface area contributed by atoms with Gasteiger partial charge in [-0.1, -0.05) is 0 Å². The molecule has 2 aromatic heterocycles. The average Bonchev–Trinajstić information content (AvgIpc) is 2.82. The predicted molar refractivity (Wildman–Crippen MR) is 60.5 cm³/mol. The van der Waals surface area contributed by atoms with Gasteiger partial charge in [-0.25, -0.2) is 0 Å². The SMILES string of the molecule is O=c1ccn2c(C3CCSC3)n[nH]c2c1. The minimum atomic E-state index is 0.0194. The number of rotatable bonds is 1. The van der Waals surface area contributed by atoms with Gasteiger partial charge >= 0.3 is 0 Å². The number of hydrogen-bond acceptors (Lipinski definition) is 3. The van der Waals surface area contributed by atoms with E-state index < -0.39 is 0 Å². The number of nitrogens with zero attached hydrogens (tertiary/aromatic N) is 2. The number of fused-ring (bicyclic) bond motifs is 1. The maximum absolute atomic E-state index is 11.1. The second kappa shape index (κ2) is 3.41. The van der Waals surface area contributed by atoms with Gasteiger partial charge in [0.25, 0.3) is 0 Å². The van der Waals surface area contributed by atoms with E-state index in [4.69, 9.17) is 0 Å². The molecule has 1 unspecified atom stereocenters. The van der Waals surface area contributed by atoms with Crippen LogP contribution in [0.5, 0.6) is 0 Å². The van der Waals surface area contributed by atoms with Crippen molar-refractivity contribution in [1.82, 2.24) is 14.6 Å². The Morgan fingerprint density at radius 3 is 3.33 bits per heavy atom. The van der Waals surface area contributed by atoms with Gasteiger partial charge in [-0.05, 0) is 12.2 Å². The lowest BCUT2D eigenvalue weighted by molar-refractivity contribution is 0.705. The lowest BCUT2D eigenvalue weighted by Crippen LogP contribution is -2.05. The highest BCUT2D eigenvalue weighted by atomic mass is 32.2. The first-order valence-corrected chi connectivity index (χ1v) is 6.14. The van der Waals surface area contributed by atoms with Crippen LogP contribution in [-0.2, 0) is 0 Å². The molecule has 0 spiro atoms. The lowest BCUT2D eigenvalue weighted by atomic mass is 10.1. The Kier molecular flexibility index (Phi) is 2.05. The maximum atomic E-state index is 11.1. The molecule has 0 aromatic carbocycles. The highest BCUT2D eigenvalue weighted by Crippen LogP contribution is 2.31. The van der Waals surface area contributed by atoms with E-state index in [9.17, 15) is 4.79 Å². The van der Waals surface area contributed by atoms with Crippen LogP contribution in [0.25, 0.3) is 5.65 Å². The fraction of sp³-hybridized carbons (Fsp3) is 0.400. The third kappa shape index (κ3) is 1.47. The molecular formula is C10H11N3OS. The van der Waals surface area contributed by atoms with Gasteiger partial charge in [0.15, 0.2) is 5.43 Å². The molecule has 1 aliphatic heterocycles. The third-order valence-corrected chi connectivity index (χ3v) is 3.92. The number of nitrogens with one attached hydrogen (secondary N) is 1. The van der Waals surface area contributed by atoms with Crippen LogP contribution in [0.2, 0.25) is 0 Å². The maximum Gasteiger partial charge on any atom is 0.183 e. The highest BCUT2D eigenvalue weighted by molar-refractivity contribution is 7.99. The standard InChI is InChI=1S/C10H11N3OS/c14-8-1-3-13-9(5-8)11-12-10(13)7-2-4-15-6-7/h1,3,5,7,11H,2,4,6H2. The van der Waals surface area contributed by atoms with E-state index in [0.29, 0.717) is 5.92 Å². The summed E-state index contributed by atoms with van der Waals surface area (Å²) < 4.78 is 1.98. The number of pyridine rings is 1. The minimum absolute atomic E-state index is 0.0194. The number of H-pyrrole nitrogens is 1. The van der Waals surface area contributed by atoms with Crippen molar-refractivity contribution in [3.05, 3.63) is 34.4 Å². The van der Waals surface area contributed by atoms with Crippen LogP contribution in [0.4, 0.5) is 0 Å². The van der Waals surface area contributed by atoms with Crippen molar-refractivity contribution in [2.45, 2.75) is 12.3 Å². The molecule has 15 heavy (non-hydrogen) atoms. The predicted octanol–water partition coefficient (Wildman–Crippen LogP) is 1.24. The molecule has 5 heteroatoms. The third-order valence-electron chi connectivity index (χ3n) is 2.75. The van der Waals surface area contributed by atoms with Crippen LogP contribution in [0, 0.1) is 0 Å². The van der Waals surface area contributed by atoms with Crippen LogP contribution in [0.15, 0.2) is 23.1 Å². The molecule has 1 saturated heterocycles. The van der Waals surface area contributed by atoms with Crippen molar-refractivity contribution in [3.63, 3.8) is 0 Å². The fourth-order valence-corrected chi connectivity index (χ4v) is 3.18. The Morgan fingerprint density at radius 1 is 1.60 bits per heavy atom. The molecule has 0 radical (unpaired) electrons. The highest BCUT2D eigenvalue weighted by Gasteiger charge is 2.21. The van der Waals surface area contributed by atoms with Crippen molar-refractivity contribution < 1.29 is 0 Å². The van der Waals surface area contributed by atoms with Gasteiger partial charge in [0.05, 0.1) is 0 Å². The average molecular weight is 221 g/mol. The van der Waals surface area contributed by atoms with Gasteiger partial charge in [0.2, 0.25) is 0 Å². The fourth-order valence-electron chi connectivity index (χ4n) is 1.96. The summed E-state index contributed by atoms with van der Waals surface area (Å²) in [7, 11) is 0. The van der Waals surface area contributed by atoms with Crippen molar-refractivity contribution in [2.24, 2.45) is 0 Å². The first-order chi connectivity index (χ1) is 7.34. The quantitative estimate of drug-likeness (QED) is 0.788. The summed E-state index contributed by atoms with van der Waals surface area (Å²) in [5, 5.41) is 7.21. The second-order valence-electron chi connectivity index (χ2n) is 3.76. The summed E-state index contributed by atoms with van der Waals surface area (Å²) in [6.07, 6.45) is 2.98. The molecule has 1 fully saturated rings. The van der Waals surface area contributed by atoms with Crippen LogP contribution >= 0.6 is 11.8 Å². The molecule has 78 valence electrons. The van der Waals surface area contributed by atoms with Crippen LogP contribution in [-0.4, -0.2) is 26.1 Å². The zero-order valence-electron chi connectivity index (χ0n) is 8.14. The van der Waals surface area contributed by atoms with Crippen LogP contribution < -0.4 is 5.43 Å². The number of hydrogen-bond donors (Lipinski definition) is 1. The normalized spacial score (nSPS) is 21.2. The molecule has 1 atom stereocenters. The monoisotopic (exact) mass is 221 g/mol. The topological polar surface area (TPSA) is 50.2 Å². The Balaban J connectivity index is 2.15. The summed E-state index contributed by atoms with van der Waals surface area (Å²) in [5.41, 5.74) is 0.806. The molecule has 3 rings (SSSR count). The summed E-state index contributed by atoms with van der Waals surface area (Å²) in [5.74, 6) is 3.91. The van der Waals surface area contributed by atoms with Gasteiger partial charge in [-0.2, -0.15) is 16.9 Å². The summed E-state index contributed by atoms with van der Waals surface area (Å²) in [6, 6.07) is 3.16. The zero-order chi connectivity index (χ0) is 10.3. The van der Waals surface area contributed by atoms with Gasteiger partial charge in [-0.3, -0.25) is 14.3 Å². The Morgan fingerprint density at radius 2 is 2.53 bits per heavy atom. The Labute approximate surface area is 90.7 Å². The number of thioether (sulfide) groups is 1. The molecule has 0 bridgehead atoms. The van der Waals surface area contributed by atoms with Crippen LogP contribution in [0.3, 0.4) is 0 Å².